The number of esters is 1. The van der Waals surface area contributed by atoms with Crippen LogP contribution in [0.4, 0.5) is 0 Å². The number of aliphatic hydroxyl groups excluding tert-OH is 2. The van der Waals surface area contributed by atoms with E-state index < -0.39 is 12.1 Å². The number of hydrogen-bond donors (Lipinski definition) is 2. The summed E-state index contributed by atoms with van der Waals surface area (Å²) in [5.74, 6) is -0.249. The van der Waals surface area contributed by atoms with Crippen molar-refractivity contribution >= 4 is 5.97 Å². The number of carbonyl (C=O) groups is 1. The lowest BCUT2D eigenvalue weighted by molar-refractivity contribution is -0.142. The predicted molar refractivity (Wildman–Crippen MR) is 75.9 cm³/mol. The van der Waals surface area contributed by atoms with Gasteiger partial charge in [-0.3, -0.25) is 0 Å². The molecule has 0 unspecified atom stereocenters. The lowest BCUT2D eigenvalue weighted by Gasteiger charge is -2.19. The molecule has 0 aromatic heterocycles. The van der Waals surface area contributed by atoms with Crippen LogP contribution < -0.4 is 0 Å². The summed E-state index contributed by atoms with van der Waals surface area (Å²) in [6.45, 7) is 1.89. The van der Waals surface area contributed by atoms with Gasteiger partial charge < -0.3 is 14.9 Å². The number of cyclic esters (lactones) is 1. The second-order valence-electron chi connectivity index (χ2n) is 5.91. The van der Waals surface area contributed by atoms with E-state index in [0.29, 0.717) is 12.8 Å². The molecule has 0 aromatic carbocycles. The van der Waals surface area contributed by atoms with Gasteiger partial charge in [-0.15, -0.1) is 0 Å². The zero-order chi connectivity index (χ0) is 14.5. The minimum Gasteiger partial charge on any atom is -0.460 e. The summed E-state index contributed by atoms with van der Waals surface area (Å²) < 4.78 is 5.23. The van der Waals surface area contributed by atoms with Crippen LogP contribution in [0.3, 0.4) is 0 Å². The van der Waals surface area contributed by atoms with Gasteiger partial charge in [-0.1, -0.05) is 12.2 Å². The summed E-state index contributed by atoms with van der Waals surface area (Å²) in [5, 5.41) is 20.0. The van der Waals surface area contributed by atoms with Crippen LogP contribution in [0.5, 0.6) is 0 Å². The van der Waals surface area contributed by atoms with Crippen LogP contribution in [0, 0.1) is 11.8 Å². The highest BCUT2D eigenvalue weighted by molar-refractivity contribution is 5.82. The molecule has 0 radical (unpaired) electrons. The topological polar surface area (TPSA) is 66.8 Å². The molecule has 1 heterocycles. The Morgan fingerprint density at radius 3 is 2.85 bits per heavy atom. The van der Waals surface area contributed by atoms with E-state index in [1.807, 2.05) is 6.92 Å². The molecular weight excluding hydrogens is 256 g/mol. The number of rotatable bonds is 0. The lowest BCUT2D eigenvalue weighted by Crippen LogP contribution is -2.21. The normalized spacial score (nSPS) is 42.5. The second-order valence-corrected chi connectivity index (χ2v) is 5.91. The SMILES string of the molecule is C[C@H]1CCC/C=C/[C@@H]2C[C@@H](O)C[C@H]2[C@H](O)/C=C/C(=O)O1. The molecule has 1 aliphatic heterocycles. The van der Waals surface area contributed by atoms with Crippen LogP contribution in [-0.4, -0.2) is 34.5 Å². The Balaban J connectivity index is 2.11. The quantitative estimate of drug-likeness (QED) is 0.526. The summed E-state index contributed by atoms with van der Waals surface area (Å²) in [7, 11) is 0. The van der Waals surface area contributed by atoms with Gasteiger partial charge in [0.1, 0.15) is 0 Å². The van der Waals surface area contributed by atoms with Gasteiger partial charge in [-0.2, -0.15) is 0 Å². The molecule has 4 nitrogen and oxygen atoms in total. The first-order chi connectivity index (χ1) is 9.56. The van der Waals surface area contributed by atoms with Crippen molar-refractivity contribution in [2.45, 2.75) is 57.3 Å². The molecule has 112 valence electrons. The molecule has 0 bridgehead atoms. The van der Waals surface area contributed by atoms with E-state index in [0.717, 1.165) is 19.3 Å². The van der Waals surface area contributed by atoms with Gasteiger partial charge in [0.25, 0.3) is 0 Å². The van der Waals surface area contributed by atoms with E-state index in [4.69, 9.17) is 4.74 Å². The Morgan fingerprint density at radius 1 is 1.25 bits per heavy atom. The molecule has 0 spiro atoms. The highest BCUT2D eigenvalue weighted by atomic mass is 16.5. The van der Waals surface area contributed by atoms with Gasteiger partial charge in [0.2, 0.25) is 0 Å². The zero-order valence-corrected chi connectivity index (χ0v) is 11.9. The van der Waals surface area contributed by atoms with Gasteiger partial charge in [-0.05, 0) is 56.9 Å². The number of aliphatic hydroxyl groups is 2. The van der Waals surface area contributed by atoms with Crippen LogP contribution in [0.25, 0.3) is 0 Å². The van der Waals surface area contributed by atoms with E-state index in [9.17, 15) is 15.0 Å². The van der Waals surface area contributed by atoms with Crippen LogP contribution in [0.1, 0.15) is 39.0 Å². The predicted octanol–water partition coefficient (Wildman–Crippen LogP) is 1.96. The Morgan fingerprint density at radius 2 is 2.05 bits per heavy atom. The standard InChI is InChI=1S/C16H24O4/c1-11-5-3-2-4-6-12-9-13(17)10-14(12)15(18)7-8-16(19)20-11/h4,6-8,11-15,17-18H,2-3,5,9-10H2,1H3/b6-4+,8-7+/t11-,12+,13+,14+,15+/m0/s1. The summed E-state index contributed by atoms with van der Waals surface area (Å²) in [5.41, 5.74) is 0. The van der Waals surface area contributed by atoms with Gasteiger partial charge in [0.15, 0.2) is 0 Å². The third kappa shape index (κ3) is 4.18. The maximum atomic E-state index is 11.6. The molecule has 2 N–H and O–H groups in total. The number of allylic oxidation sites excluding steroid dienone is 2. The Kier molecular flexibility index (Phi) is 5.38. The number of hydrogen-bond acceptors (Lipinski definition) is 4. The average molecular weight is 280 g/mol. The molecule has 2 rings (SSSR count). The minimum atomic E-state index is -0.717. The summed E-state index contributed by atoms with van der Waals surface area (Å²) in [4.78, 5) is 11.6. The van der Waals surface area contributed by atoms with E-state index in [1.54, 1.807) is 0 Å². The molecule has 0 saturated heterocycles. The van der Waals surface area contributed by atoms with Gasteiger partial charge in [0, 0.05) is 6.08 Å². The molecular formula is C16H24O4. The number of carbonyl (C=O) groups excluding carboxylic acids is 1. The van der Waals surface area contributed by atoms with Crippen molar-refractivity contribution in [1.82, 2.24) is 0 Å². The average Bonchev–Trinajstić information content (AvgIpc) is 2.76. The largest absolute Gasteiger partial charge is 0.460 e. The Bertz CT molecular complexity index is 388. The lowest BCUT2D eigenvalue weighted by atomic mass is 9.90. The van der Waals surface area contributed by atoms with Gasteiger partial charge in [-0.25, -0.2) is 4.79 Å². The van der Waals surface area contributed by atoms with Crippen LogP contribution in [0.15, 0.2) is 24.3 Å². The maximum absolute atomic E-state index is 11.6. The molecule has 0 amide bonds. The van der Waals surface area contributed by atoms with E-state index >= 15 is 0 Å². The summed E-state index contributed by atoms with van der Waals surface area (Å²) in [6, 6.07) is 0. The molecule has 1 saturated carbocycles. The first-order valence-electron chi connectivity index (χ1n) is 7.48. The van der Waals surface area contributed by atoms with Crippen LogP contribution in [-0.2, 0) is 9.53 Å². The van der Waals surface area contributed by atoms with Crippen LogP contribution in [0.2, 0.25) is 0 Å². The minimum absolute atomic E-state index is 0.0246. The van der Waals surface area contributed by atoms with Crippen molar-refractivity contribution in [2.75, 3.05) is 0 Å². The molecule has 5 atom stereocenters. The zero-order valence-electron chi connectivity index (χ0n) is 11.9. The first kappa shape index (κ1) is 15.3. The summed E-state index contributed by atoms with van der Waals surface area (Å²) >= 11 is 0. The fraction of sp³-hybridized carbons (Fsp3) is 0.688. The molecule has 1 fully saturated rings. The number of ether oxygens (including phenoxy) is 1. The van der Waals surface area contributed by atoms with Crippen molar-refractivity contribution in [3.05, 3.63) is 24.3 Å². The van der Waals surface area contributed by atoms with E-state index in [-0.39, 0.29) is 24.0 Å². The molecule has 0 aromatic rings. The Hall–Kier alpha value is -1.13. The van der Waals surface area contributed by atoms with Crippen molar-refractivity contribution in [2.24, 2.45) is 11.8 Å². The van der Waals surface area contributed by atoms with Crippen molar-refractivity contribution < 1.29 is 19.7 Å². The monoisotopic (exact) mass is 280 g/mol. The molecule has 2 aliphatic rings. The van der Waals surface area contributed by atoms with E-state index in [1.165, 1.54) is 12.2 Å². The van der Waals surface area contributed by atoms with Crippen molar-refractivity contribution in [1.29, 1.82) is 0 Å². The first-order valence-corrected chi connectivity index (χ1v) is 7.48. The van der Waals surface area contributed by atoms with Crippen molar-refractivity contribution in [3.63, 3.8) is 0 Å². The highest BCUT2D eigenvalue weighted by Gasteiger charge is 2.35. The Labute approximate surface area is 120 Å². The third-order valence-corrected chi connectivity index (χ3v) is 4.19. The van der Waals surface area contributed by atoms with Gasteiger partial charge in [0.05, 0.1) is 18.3 Å². The smallest absolute Gasteiger partial charge is 0.330 e. The van der Waals surface area contributed by atoms with Gasteiger partial charge >= 0.3 is 5.97 Å². The maximum Gasteiger partial charge on any atom is 0.330 e. The highest BCUT2D eigenvalue weighted by Crippen LogP contribution is 2.36. The summed E-state index contributed by atoms with van der Waals surface area (Å²) in [6.07, 6.45) is 9.87. The fourth-order valence-corrected chi connectivity index (χ4v) is 3.10. The third-order valence-electron chi connectivity index (χ3n) is 4.19. The second kappa shape index (κ2) is 7.04. The fourth-order valence-electron chi connectivity index (χ4n) is 3.10. The van der Waals surface area contributed by atoms with E-state index in [2.05, 4.69) is 12.2 Å². The van der Waals surface area contributed by atoms with Crippen molar-refractivity contribution in [3.8, 4) is 0 Å². The number of fused-ring (bicyclic) bond motifs is 1. The van der Waals surface area contributed by atoms with Crippen LogP contribution >= 0.6 is 0 Å². The molecule has 4 heteroatoms. The molecule has 20 heavy (non-hydrogen) atoms. The molecule has 1 aliphatic carbocycles.